The van der Waals surface area contributed by atoms with Gasteiger partial charge in [0.05, 0.1) is 12.3 Å². The molecule has 0 atom stereocenters. The van der Waals surface area contributed by atoms with Crippen LogP contribution in [0, 0.1) is 0 Å². The first-order chi connectivity index (χ1) is 14.2. The largest absolute Gasteiger partial charge is 0.573 e. The lowest BCUT2D eigenvalue weighted by Gasteiger charge is -2.08. The Balaban J connectivity index is 2.02. The van der Waals surface area contributed by atoms with Crippen molar-refractivity contribution in [2.45, 2.75) is 20.2 Å². The Morgan fingerprint density at radius 2 is 1.67 bits per heavy atom. The van der Waals surface area contributed by atoms with Gasteiger partial charge in [-0.25, -0.2) is 14.8 Å². The van der Waals surface area contributed by atoms with Crippen molar-refractivity contribution in [2.24, 2.45) is 15.7 Å². The maximum absolute atomic E-state index is 12.1. The van der Waals surface area contributed by atoms with Crippen LogP contribution in [-0.2, 0) is 9.53 Å². The Bertz CT molecular complexity index is 948. The van der Waals surface area contributed by atoms with Crippen LogP contribution in [0.3, 0.4) is 0 Å². The number of benzene rings is 2. The molecule has 6 nitrogen and oxygen atoms in total. The number of aliphatic imine (C=N–C) groups is 2. The zero-order chi connectivity index (χ0) is 22.1. The Labute approximate surface area is 171 Å². The summed E-state index contributed by atoms with van der Waals surface area (Å²) in [7, 11) is 0. The number of rotatable bonds is 7. The predicted molar refractivity (Wildman–Crippen MR) is 109 cm³/mol. The van der Waals surface area contributed by atoms with Gasteiger partial charge in [0.1, 0.15) is 17.9 Å². The normalized spacial score (nSPS) is 12.8. The lowest BCUT2D eigenvalue weighted by molar-refractivity contribution is -0.274. The molecule has 0 fully saturated rings. The lowest BCUT2D eigenvalue weighted by Crippen LogP contribution is -2.16. The van der Waals surface area contributed by atoms with Gasteiger partial charge in [0.15, 0.2) is 0 Å². The molecule has 0 saturated heterocycles. The number of carbonyl (C=O) groups excluding carboxylic acids is 1. The van der Waals surface area contributed by atoms with Crippen LogP contribution in [0.2, 0.25) is 0 Å². The summed E-state index contributed by atoms with van der Waals surface area (Å²) < 4.78 is 45.1. The summed E-state index contributed by atoms with van der Waals surface area (Å²) in [6.45, 7) is 3.83. The van der Waals surface area contributed by atoms with Gasteiger partial charge in [0.25, 0.3) is 0 Å². The second kappa shape index (κ2) is 10.2. The van der Waals surface area contributed by atoms with Crippen LogP contribution in [0.15, 0.2) is 64.6 Å². The molecule has 2 aromatic carbocycles. The van der Waals surface area contributed by atoms with Crippen LogP contribution < -0.4 is 10.5 Å². The van der Waals surface area contributed by atoms with Gasteiger partial charge in [-0.1, -0.05) is 24.3 Å². The van der Waals surface area contributed by atoms with E-state index in [1.54, 1.807) is 38.1 Å². The molecule has 0 radical (unpaired) electrons. The molecule has 158 valence electrons. The van der Waals surface area contributed by atoms with Gasteiger partial charge in [-0.05, 0) is 49.2 Å². The van der Waals surface area contributed by atoms with E-state index in [1.807, 2.05) is 0 Å². The Morgan fingerprint density at radius 1 is 1.07 bits per heavy atom. The van der Waals surface area contributed by atoms with E-state index in [1.165, 1.54) is 24.5 Å². The molecule has 0 saturated carbocycles. The third-order valence-corrected chi connectivity index (χ3v) is 3.73. The molecule has 0 spiro atoms. The summed E-state index contributed by atoms with van der Waals surface area (Å²) >= 11 is 0. The van der Waals surface area contributed by atoms with Crippen molar-refractivity contribution in [3.8, 4) is 5.75 Å². The summed E-state index contributed by atoms with van der Waals surface area (Å²) in [5.41, 5.74) is 8.52. The molecule has 0 amide bonds. The smallest absolute Gasteiger partial charge is 0.463 e. The van der Waals surface area contributed by atoms with Gasteiger partial charge in [0, 0.05) is 11.6 Å². The molecule has 0 aliphatic heterocycles. The highest BCUT2D eigenvalue weighted by Crippen LogP contribution is 2.24. The summed E-state index contributed by atoms with van der Waals surface area (Å²) in [4.78, 5) is 19.5. The average Bonchev–Trinajstić information content (AvgIpc) is 2.68. The fraction of sp³-hybridized carbons (Fsp3) is 0.190. The first kappa shape index (κ1) is 22.7. The predicted octanol–water partition coefficient (Wildman–Crippen LogP) is 4.62. The molecule has 0 aliphatic rings. The van der Waals surface area contributed by atoms with Crippen LogP contribution in [0.1, 0.15) is 25.0 Å². The first-order valence-corrected chi connectivity index (χ1v) is 8.85. The number of amidine groups is 1. The minimum Gasteiger partial charge on any atom is -0.463 e. The average molecular weight is 419 g/mol. The minimum absolute atomic E-state index is 0.203. The van der Waals surface area contributed by atoms with Gasteiger partial charge in [-0.15, -0.1) is 13.2 Å². The number of nitrogens with zero attached hydrogens (tertiary/aromatic N) is 2. The second-order valence-corrected chi connectivity index (χ2v) is 5.96. The Morgan fingerprint density at radius 3 is 2.23 bits per heavy atom. The number of carbonyl (C=O) groups is 1. The highest BCUT2D eigenvalue weighted by molar-refractivity contribution is 6.01. The third kappa shape index (κ3) is 7.42. The topological polar surface area (TPSA) is 86.3 Å². The molecule has 0 unspecified atom stereocenters. The molecule has 30 heavy (non-hydrogen) atoms. The summed E-state index contributed by atoms with van der Waals surface area (Å²) in [5, 5.41) is 0. The van der Waals surface area contributed by atoms with Crippen molar-refractivity contribution in [2.75, 3.05) is 6.61 Å². The van der Waals surface area contributed by atoms with Crippen LogP contribution in [0.4, 0.5) is 18.9 Å². The van der Waals surface area contributed by atoms with E-state index < -0.39 is 12.3 Å². The van der Waals surface area contributed by atoms with Crippen molar-refractivity contribution in [1.29, 1.82) is 0 Å². The van der Waals surface area contributed by atoms with Crippen molar-refractivity contribution in [3.63, 3.8) is 0 Å². The zero-order valence-electron chi connectivity index (χ0n) is 16.3. The summed E-state index contributed by atoms with van der Waals surface area (Å²) in [5.74, 6) is -0.541. The maximum Gasteiger partial charge on any atom is 0.573 e. The summed E-state index contributed by atoms with van der Waals surface area (Å²) in [6, 6.07) is 12.1. The molecule has 0 bridgehead atoms. The molecular weight excluding hydrogens is 399 g/mol. The Hall–Kier alpha value is -3.62. The number of allylic oxidation sites excluding steroid dienone is 1. The summed E-state index contributed by atoms with van der Waals surface area (Å²) in [6.07, 6.45) is -2.13. The van der Waals surface area contributed by atoms with Crippen molar-refractivity contribution >= 4 is 29.4 Å². The number of alkyl halides is 3. The van der Waals surface area contributed by atoms with E-state index in [0.717, 1.165) is 23.3 Å². The highest BCUT2D eigenvalue weighted by atomic mass is 19.4. The second-order valence-electron chi connectivity index (χ2n) is 5.96. The monoisotopic (exact) mass is 419 g/mol. The Kier molecular flexibility index (Phi) is 7.74. The fourth-order valence-corrected chi connectivity index (χ4v) is 2.31. The van der Waals surface area contributed by atoms with Gasteiger partial charge in [-0.3, -0.25) is 0 Å². The lowest BCUT2D eigenvalue weighted by atomic mass is 10.0. The minimum atomic E-state index is -4.74. The first-order valence-electron chi connectivity index (χ1n) is 8.85. The number of hydrogen-bond donors (Lipinski definition) is 1. The van der Waals surface area contributed by atoms with Crippen molar-refractivity contribution in [1.82, 2.24) is 0 Å². The standard InChI is InChI=1S/C21H20F3N3O3/c1-3-29-19(28)12-14(2)15-4-6-16(7-5-15)20(25)27-13-26-17-8-10-18(11-9-17)30-21(22,23)24/h4-13H,3H2,1-2H3,(H2,25,26,27). The van der Waals surface area contributed by atoms with Crippen molar-refractivity contribution in [3.05, 3.63) is 65.7 Å². The van der Waals surface area contributed by atoms with E-state index in [-0.39, 0.29) is 11.6 Å². The molecule has 2 N–H and O–H groups in total. The zero-order valence-corrected chi connectivity index (χ0v) is 16.3. The van der Waals surface area contributed by atoms with E-state index >= 15 is 0 Å². The fourth-order valence-electron chi connectivity index (χ4n) is 2.31. The third-order valence-electron chi connectivity index (χ3n) is 3.73. The number of esters is 1. The number of hydrogen-bond acceptors (Lipinski definition) is 4. The maximum atomic E-state index is 12.1. The number of nitrogens with two attached hydrogens (primary N) is 1. The SMILES string of the molecule is CCOC(=O)C=C(C)c1ccc(C(N)=NC=Nc2ccc(OC(F)(F)F)cc2)cc1. The van der Waals surface area contributed by atoms with Gasteiger partial charge < -0.3 is 15.2 Å². The van der Waals surface area contributed by atoms with Crippen molar-refractivity contribution < 1.29 is 27.4 Å². The quantitative estimate of drug-likeness (QED) is 0.307. The van der Waals surface area contributed by atoms with Crippen LogP contribution in [0.25, 0.3) is 5.57 Å². The van der Waals surface area contributed by atoms with E-state index in [2.05, 4.69) is 14.7 Å². The highest BCUT2D eigenvalue weighted by Gasteiger charge is 2.30. The number of ether oxygens (including phenoxy) is 2. The molecule has 0 aliphatic carbocycles. The van der Waals surface area contributed by atoms with Crippen LogP contribution in [-0.4, -0.2) is 31.1 Å². The molecule has 2 aromatic rings. The molecule has 2 rings (SSSR count). The number of halogens is 3. The van der Waals surface area contributed by atoms with E-state index in [0.29, 0.717) is 17.9 Å². The molecule has 9 heteroatoms. The van der Waals surface area contributed by atoms with E-state index in [4.69, 9.17) is 10.5 Å². The molecule has 0 heterocycles. The van der Waals surface area contributed by atoms with E-state index in [9.17, 15) is 18.0 Å². The van der Waals surface area contributed by atoms with Crippen LogP contribution >= 0.6 is 0 Å². The van der Waals surface area contributed by atoms with Crippen LogP contribution in [0.5, 0.6) is 5.75 Å². The van der Waals surface area contributed by atoms with Gasteiger partial charge >= 0.3 is 12.3 Å². The van der Waals surface area contributed by atoms with Gasteiger partial charge in [-0.2, -0.15) is 0 Å². The molecular formula is C21H20F3N3O3. The molecule has 0 aromatic heterocycles. The van der Waals surface area contributed by atoms with Gasteiger partial charge in [0.2, 0.25) is 0 Å².